The summed E-state index contributed by atoms with van der Waals surface area (Å²) in [5.74, 6) is 0.00140. The molecule has 1 aliphatic heterocycles. The monoisotopic (exact) mass is 298 g/mol. The van der Waals surface area contributed by atoms with Crippen LogP contribution in [0.5, 0.6) is 0 Å². The smallest absolute Gasteiger partial charge is 0.335 e. The van der Waals surface area contributed by atoms with Crippen molar-refractivity contribution in [2.24, 2.45) is 5.92 Å². The zero-order valence-electron chi connectivity index (χ0n) is 11.3. The van der Waals surface area contributed by atoms with Crippen LogP contribution in [0.1, 0.15) is 29.4 Å². The summed E-state index contributed by atoms with van der Waals surface area (Å²) in [6, 6.07) is 3.03. The quantitative estimate of drug-likeness (QED) is 0.847. The second-order valence-corrected chi connectivity index (χ2v) is 7.27. The predicted octanol–water partition coefficient (Wildman–Crippen LogP) is 1.19. The normalized spacial score (nSPS) is 20.8. The summed E-state index contributed by atoms with van der Waals surface area (Å²) in [5.41, 5.74) is 0.893. The van der Waals surface area contributed by atoms with Crippen LogP contribution in [0, 0.1) is 5.92 Å². The van der Waals surface area contributed by atoms with Gasteiger partial charge in [0.15, 0.2) is 9.84 Å². The lowest BCUT2D eigenvalue weighted by Gasteiger charge is -2.11. The molecule has 0 aromatic carbocycles. The lowest BCUT2D eigenvalue weighted by Crippen LogP contribution is -2.17. The van der Waals surface area contributed by atoms with E-state index in [1.54, 1.807) is 6.07 Å². The van der Waals surface area contributed by atoms with Crippen LogP contribution in [0.15, 0.2) is 12.1 Å². The molecule has 1 fully saturated rings. The topological polar surface area (TPSA) is 96.4 Å². The highest BCUT2D eigenvalue weighted by Crippen LogP contribution is 2.19. The summed E-state index contributed by atoms with van der Waals surface area (Å²) in [7, 11) is -2.89. The lowest BCUT2D eigenvalue weighted by atomic mass is 10.1. The number of carbonyl (C=O) groups is 1. The first-order chi connectivity index (χ1) is 9.39. The maximum atomic E-state index is 11.4. The third kappa shape index (κ3) is 3.69. The van der Waals surface area contributed by atoms with Gasteiger partial charge in [-0.05, 0) is 30.9 Å². The van der Waals surface area contributed by atoms with Crippen LogP contribution in [0.4, 0.5) is 5.82 Å². The van der Waals surface area contributed by atoms with E-state index in [0.717, 1.165) is 0 Å². The maximum Gasteiger partial charge on any atom is 0.335 e. The Bertz CT molecular complexity index is 613. The number of pyridine rings is 1. The summed E-state index contributed by atoms with van der Waals surface area (Å²) in [5, 5.41) is 12.1. The Kier molecular flexibility index (Phi) is 4.27. The van der Waals surface area contributed by atoms with Gasteiger partial charge in [0.25, 0.3) is 0 Å². The molecule has 1 aromatic heterocycles. The van der Waals surface area contributed by atoms with Crippen molar-refractivity contribution in [2.45, 2.75) is 19.8 Å². The van der Waals surface area contributed by atoms with Crippen molar-refractivity contribution in [1.29, 1.82) is 0 Å². The number of aryl methyl sites for hydroxylation is 1. The summed E-state index contributed by atoms with van der Waals surface area (Å²) >= 11 is 0. The van der Waals surface area contributed by atoms with Gasteiger partial charge in [0, 0.05) is 12.2 Å². The summed E-state index contributed by atoms with van der Waals surface area (Å²) in [6.07, 6.45) is 1.29. The molecule has 7 heteroatoms. The minimum Gasteiger partial charge on any atom is -0.478 e. The van der Waals surface area contributed by atoms with E-state index in [4.69, 9.17) is 5.11 Å². The summed E-state index contributed by atoms with van der Waals surface area (Å²) in [4.78, 5) is 15.3. The molecule has 1 unspecified atom stereocenters. The zero-order valence-corrected chi connectivity index (χ0v) is 12.1. The van der Waals surface area contributed by atoms with Crippen molar-refractivity contribution in [2.75, 3.05) is 23.4 Å². The third-order valence-corrected chi connectivity index (χ3v) is 5.22. The van der Waals surface area contributed by atoms with Crippen molar-refractivity contribution in [3.63, 3.8) is 0 Å². The number of aromatic carboxylic acids is 1. The Hall–Kier alpha value is -1.63. The largest absolute Gasteiger partial charge is 0.478 e. The van der Waals surface area contributed by atoms with Gasteiger partial charge in [0.1, 0.15) is 5.82 Å². The number of aromatic nitrogens is 1. The van der Waals surface area contributed by atoms with Crippen LogP contribution >= 0.6 is 0 Å². The second-order valence-electron chi connectivity index (χ2n) is 5.04. The molecule has 2 N–H and O–H groups in total. The van der Waals surface area contributed by atoms with Gasteiger partial charge in [-0.2, -0.15) is 0 Å². The molecule has 0 spiro atoms. The van der Waals surface area contributed by atoms with Gasteiger partial charge in [-0.1, -0.05) is 6.92 Å². The molecule has 1 saturated heterocycles. The minimum atomic E-state index is -2.89. The van der Waals surface area contributed by atoms with Gasteiger partial charge in [-0.15, -0.1) is 0 Å². The standard InChI is InChI=1S/C13H18N2O4S/c1-2-11-5-10(13(16)17)6-12(15-11)14-7-9-3-4-20(18,19)8-9/h5-6,9H,2-4,7-8H2,1H3,(H,14,15)(H,16,17). The molecule has 2 rings (SSSR count). The lowest BCUT2D eigenvalue weighted by molar-refractivity contribution is 0.0696. The molecule has 2 heterocycles. The number of carboxylic acid groups (broad SMARTS) is 1. The first-order valence-electron chi connectivity index (χ1n) is 6.58. The molecule has 1 atom stereocenters. The Labute approximate surface area is 118 Å². The van der Waals surface area contributed by atoms with Crippen LogP contribution in [-0.4, -0.2) is 42.5 Å². The van der Waals surface area contributed by atoms with E-state index < -0.39 is 15.8 Å². The zero-order chi connectivity index (χ0) is 14.8. The van der Waals surface area contributed by atoms with E-state index in [1.165, 1.54) is 6.07 Å². The van der Waals surface area contributed by atoms with E-state index in [9.17, 15) is 13.2 Å². The van der Waals surface area contributed by atoms with Gasteiger partial charge in [-0.3, -0.25) is 0 Å². The number of sulfone groups is 1. The number of carboxylic acids is 1. The molecule has 0 radical (unpaired) electrons. The van der Waals surface area contributed by atoms with Crippen LogP contribution in [0.2, 0.25) is 0 Å². The molecule has 0 bridgehead atoms. The summed E-state index contributed by atoms with van der Waals surface area (Å²) < 4.78 is 22.8. The number of rotatable bonds is 5. The maximum absolute atomic E-state index is 11.4. The fourth-order valence-electron chi connectivity index (χ4n) is 2.26. The van der Waals surface area contributed by atoms with E-state index in [2.05, 4.69) is 10.3 Å². The SMILES string of the molecule is CCc1cc(C(=O)O)cc(NCC2CCS(=O)(=O)C2)n1. The number of nitrogens with one attached hydrogen (secondary N) is 1. The van der Waals surface area contributed by atoms with Crippen molar-refractivity contribution in [1.82, 2.24) is 4.98 Å². The number of anilines is 1. The first kappa shape index (κ1) is 14.8. The van der Waals surface area contributed by atoms with E-state index >= 15 is 0 Å². The summed E-state index contributed by atoms with van der Waals surface area (Å²) in [6.45, 7) is 2.40. The average Bonchev–Trinajstić information content (AvgIpc) is 2.75. The van der Waals surface area contributed by atoms with Crippen LogP contribution in [0.3, 0.4) is 0 Å². The van der Waals surface area contributed by atoms with Gasteiger partial charge in [-0.25, -0.2) is 18.2 Å². The molecule has 6 nitrogen and oxygen atoms in total. The molecule has 20 heavy (non-hydrogen) atoms. The highest BCUT2D eigenvalue weighted by molar-refractivity contribution is 7.91. The molecule has 110 valence electrons. The molecule has 1 aliphatic rings. The van der Waals surface area contributed by atoms with E-state index in [0.29, 0.717) is 30.9 Å². The Morgan fingerprint density at radius 3 is 2.80 bits per heavy atom. The van der Waals surface area contributed by atoms with Gasteiger partial charge < -0.3 is 10.4 Å². The van der Waals surface area contributed by atoms with Crippen molar-refractivity contribution >= 4 is 21.6 Å². The van der Waals surface area contributed by atoms with Crippen LogP contribution in [0.25, 0.3) is 0 Å². The van der Waals surface area contributed by atoms with Gasteiger partial charge >= 0.3 is 5.97 Å². The third-order valence-electron chi connectivity index (χ3n) is 3.39. The Morgan fingerprint density at radius 1 is 1.50 bits per heavy atom. The molecule has 0 saturated carbocycles. The Balaban J connectivity index is 2.06. The molecular formula is C13H18N2O4S. The highest BCUT2D eigenvalue weighted by atomic mass is 32.2. The number of hydrogen-bond acceptors (Lipinski definition) is 5. The van der Waals surface area contributed by atoms with Gasteiger partial charge in [0.05, 0.1) is 17.1 Å². The van der Waals surface area contributed by atoms with Gasteiger partial charge in [0.2, 0.25) is 0 Å². The highest BCUT2D eigenvalue weighted by Gasteiger charge is 2.27. The Morgan fingerprint density at radius 2 is 2.25 bits per heavy atom. The fourth-order valence-corrected chi connectivity index (χ4v) is 4.13. The molecular weight excluding hydrogens is 280 g/mol. The van der Waals surface area contributed by atoms with E-state index in [-0.39, 0.29) is 23.0 Å². The van der Waals surface area contributed by atoms with Crippen molar-refractivity contribution in [3.8, 4) is 0 Å². The van der Waals surface area contributed by atoms with Crippen LogP contribution < -0.4 is 5.32 Å². The molecule has 0 amide bonds. The second kappa shape index (κ2) is 5.78. The van der Waals surface area contributed by atoms with Crippen molar-refractivity contribution < 1.29 is 18.3 Å². The molecule has 1 aromatic rings. The predicted molar refractivity (Wildman–Crippen MR) is 75.8 cm³/mol. The fraction of sp³-hybridized carbons (Fsp3) is 0.538. The molecule has 0 aliphatic carbocycles. The minimum absolute atomic E-state index is 0.0698. The van der Waals surface area contributed by atoms with Crippen LogP contribution in [-0.2, 0) is 16.3 Å². The number of hydrogen-bond donors (Lipinski definition) is 2. The average molecular weight is 298 g/mol. The van der Waals surface area contributed by atoms with Crippen molar-refractivity contribution in [3.05, 3.63) is 23.4 Å². The first-order valence-corrected chi connectivity index (χ1v) is 8.40. The van der Waals surface area contributed by atoms with E-state index in [1.807, 2.05) is 6.92 Å². The number of nitrogens with zero attached hydrogens (tertiary/aromatic N) is 1.